The number of ether oxygens (including phenoxy) is 1. The number of nitrogens with one attached hydrogen (secondary N) is 1. The van der Waals surface area contributed by atoms with E-state index in [4.69, 9.17) is 16.3 Å². The molecule has 26 heavy (non-hydrogen) atoms. The average molecular weight is 373 g/mol. The normalized spacial score (nSPS) is 14.2. The molecule has 1 amide bonds. The van der Waals surface area contributed by atoms with Crippen LogP contribution in [-0.2, 0) is 22.4 Å². The summed E-state index contributed by atoms with van der Waals surface area (Å²) >= 11 is 5.84. The van der Waals surface area contributed by atoms with Crippen molar-refractivity contribution < 1.29 is 14.3 Å². The van der Waals surface area contributed by atoms with Gasteiger partial charge in [-0.05, 0) is 61.4 Å². The van der Waals surface area contributed by atoms with Crippen LogP contribution in [0.4, 0.5) is 0 Å². The molecule has 0 spiro atoms. The highest BCUT2D eigenvalue weighted by Crippen LogP contribution is 2.24. The highest BCUT2D eigenvalue weighted by atomic mass is 35.5. The highest BCUT2D eigenvalue weighted by Gasteiger charge is 2.17. The van der Waals surface area contributed by atoms with Crippen molar-refractivity contribution in [1.82, 2.24) is 10.3 Å². The van der Waals surface area contributed by atoms with Gasteiger partial charge in [0.25, 0.3) is 5.91 Å². The minimum atomic E-state index is -0.667. The van der Waals surface area contributed by atoms with Crippen LogP contribution in [0.5, 0.6) is 0 Å². The molecule has 1 unspecified atom stereocenters. The Hall–Kier alpha value is -2.40. The van der Waals surface area contributed by atoms with Crippen LogP contribution in [0.15, 0.2) is 36.5 Å². The molecule has 1 aromatic heterocycles. The molecular formula is C20H21ClN2O3. The van der Waals surface area contributed by atoms with E-state index in [0.29, 0.717) is 0 Å². The molecule has 1 N–H and O–H groups in total. The maximum absolute atomic E-state index is 12.1. The summed E-state index contributed by atoms with van der Waals surface area (Å²) in [5, 5.41) is 2.92. The van der Waals surface area contributed by atoms with Crippen LogP contribution in [0.3, 0.4) is 0 Å². The molecule has 0 bridgehead atoms. The molecule has 0 saturated carbocycles. The fraction of sp³-hybridized carbons (Fsp3) is 0.350. The van der Waals surface area contributed by atoms with Crippen LogP contribution in [0.25, 0.3) is 0 Å². The molecular weight excluding hydrogens is 352 g/mol. The standard InChI is InChI=1S/C20H21ClN2O3/c1-13(15-9-8-14-5-2-3-6-16(14)11-15)23-18(24)12-26-20(25)17-7-4-10-22-19(17)21/h4,7-11,13H,2-3,5-6,12H2,1H3,(H,23,24). The predicted molar refractivity (Wildman–Crippen MR) is 99.2 cm³/mol. The lowest BCUT2D eigenvalue weighted by molar-refractivity contribution is -0.124. The van der Waals surface area contributed by atoms with Crippen molar-refractivity contribution in [1.29, 1.82) is 0 Å². The zero-order chi connectivity index (χ0) is 18.5. The summed E-state index contributed by atoms with van der Waals surface area (Å²) in [6.45, 7) is 1.56. The monoisotopic (exact) mass is 372 g/mol. The summed E-state index contributed by atoms with van der Waals surface area (Å²) in [6, 6.07) is 9.30. The van der Waals surface area contributed by atoms with Crippen molar-refractivity contribution in [2.24, 2.45) is 0 Å². The first-order chi connectivity index (χ1) is 12.5. The third-order valence-electron chi connectivity index (χ3n) is 4.56. The van der Waals surface area contributed by atoms with Gasteiger partial charge < -0.3 is 10.1 Å². The van der Waals surface area contributed by atoms with E-state index < -0.39 is 5.97 Å². The lowest BCUT2D eigenvalue weighted by Gasteiger charge is -2.20. The van der Waals surface area contributed by atoms with Gasteiger partial charge in [-0.15, -0.1) is 0 Å². The second-order valence-corrected chi connectivity index (χ2v) is 6.80. The number of pyridine rings is 1. The molecule has 1 aromatic carbocycles. The van der Waals surface area contributed by atoms with Crippen molar-refractivity contribution in [2.45, 2.75) is 38.6 Å². The Balaban J connectivity index is 1.54. The summed E-state index contributed by atoms with van der Waals surface area (Å²) < 4.78 is 5.02. The Morgan fingerprint density at radius 1 is 1.23 bits per heavy atom. The Morgan fingerprint density at radius 3 is 2.77 bits per heavy atom. The molecule has 1 aliphatic rings. The maximum Gasteiger partial charge on any atom is 0.341 e. The second kappa shape index (κ2) is 8.32. The number of carbonyl (C=O) groups excluding carboxylic acids is 2. The molecule has 6 heteroatoms. The van der Waals surface area contributed by atoms with Crippen molar-refractivity contribution in [2.75, 3.05) is 6.61 Å². The van der Waals surface area contributed by atoms with E-state index in [1.165, 1.54) is 36.2 Å². The molecule has 1 heterocycles. The number of hydrogen-bond acceptors (Lipinski definition) is 4. The smallest absolute Gasteiger partial charge is 0.341 e. The molecule has 5 nitrogen and oxygen atoms in total. The van der Waals surface area contributed by atoms with E-state index in [1.54, 1.807) is 6.07 Å². The lowest BCUT2D eigenvalue weighted by Crippen LogP contribution is -2.31. The lowest BCUT2D eigenvalue weighted by atomic mass is 9.89. The number of amides is 1. The molecule has 2 aromatic rings. The van der Waals surface area contributed by atoms with Gasteiger partial charge in [0.1, 0.15) is 5.15 Å². The summed E-state index contributed by atoms with van der Waals surface area (Å²) in [5.74, 6) is -1.02. The summed E-state index contributed by atoms with van der Waals surface area (Å²) in [6.07, 6.45) is 6.15. The van der Waals surface area contributed by atoms with Crippen LogP contribution in [0.2, 0.25) is 5.15 Å². The quantitative estimate of drug-likeness (QED) is 0.642. The third-order valence-corrected chi connectivity index (χ3v) is 4.86. The number of rotatable bonds is 5. The van der Waals surface area contributed by atoms with Gasteiger partial charge in [0.05, 0.1) is 11.6 Å². The van der Waals surface area contributed by atoms with E-state index in [-0.39, 0.29) is 29.3 Å². The topological polar surface area (TPSA) is 68.3 Å². The highest BCUT2D eigenvalue weighted by molar-refractivity contribution is 6.32. The molecule has 0 radical (unpaired) electrons. The Kier molecular flexibility index (Phi) is 5.89. The van der Waals surface area contributed by atoms with E-state index in [0.717, 1.165) is 18.4 Å². The van der Waals surface area contributed by atoms with Gasteiger partial charge in [-0.2, -0.15) is 0 Å². The number of aryl methyl sites for hydroxylation is 2. The Bertz CT molecular complexity index is 822. The number of aromatic nitrogens is 1. The Labute approximate surface area is 157 Å². The van der Waals surface area contributed by atoms with Crippen molar-refractivity contribution >= 4 is 23.5 Å². The van der Waals surface area contributed by atoms with Gasteiger partial charge >= 0.3 is 5.97 Å². The second-order valence-electron chi connectivity index (χ2n) is 6.44. The molecule has 0 saturated heterocycles. The number of halogens is 1. The summed E-state index contributed by atoms with van der Waals surface area (Å²) in [5.41, 5.74) is 3.97. The van der Waals surface area contributed by atoms with Crippen LogP contribution in [-0.4, -0.2) is 23.5 Å². The zero-order valence-electron chi connectivity index (χ0n) is 14.6. The number of benzene rings is 1. The average Bonchev–Trinajstić information content (AvgIpc) is 2.66. The van der Waals surface area contributed by atoms with Gasteiger partial charge in [-0.25, -0.2) is 9.78 Å². The zero-order valence-corrected chi connectivity index (χ0v) is 15.4. The van der Waals surface area contributed by atoms with Gasteiger partial charge in [0.15, 0.2) is 6.61 Å². The van der Waals surface area contributed by atoms with Gasteiger partial charge in [-0.1, -0.05) is 29.8 Å². The van der Waals surface area contributed by atoms with Gasteiger partial charge in [0, 0.05) is 6.20 Å². The minimum Gasteiger partial charge on any atom is -0.452 e. The van der Waals surface area contributed by atoms with Crippen molar-refractivity contribution in [3.8, 4) is 0 Å². The van der Waals surface area contributed by atoms with Crippen LogP contribution < -0.4 is 5.32 Å². The third kappa shape index (κ3) is 4.41. The largest absolute Gasteiger partial charge is 0.452 e. The van der Waals surface area contributed by atoms with Crippen molar-refractivity contribution in [3.63, 3.8) is 0 Å². The van der Waals surface area contributed by atoms with E-state index in [1.807, 2.05) is 6.92 Å². The number of esters is 1. The van der Waals surface area contributed by atoms with E-state index >= 15 is 0 Å². The van der Waals surface area contributed by atoms with Gasteiger partial charge in [-0.3, -0.25) is 4.79 Å². The van der Waals surface area contributed by atoms with Crippen LogP contribution in [0, 0.1) is 0 Å². The molecule has 136 valence electrons. The number of hydrogen-bond donors (Lipinski definition) is 1. The molecule has 3 rings (SSSR count). The number of fused-ring (bicyclic) bond motifs is 1. The van der Waals surface area contributed by atoms with Crippen LogP contribution in [0.1, 0.15) is 52.9 Å². The SMILES string of the molecule is CC(NC(=O)COC(=O)c1cccnc1Cl)c1ccc2c(c1)CCCC2. The van der Waals surface area contributed by atoms with E-state index in [9.17, 15) is 9.59 Å². The first kappa shape index (κ1) is 18.4. The first-order valence-electron chi connectivity index (χ1n) is 8.73. The molecule has 1 aliphatic carbocycles. The minimum absolute atomic E-state index is 0.0559. The predicted octanol–water partition coefficient (Wildman–Crippen LogP) is 3.65. The van der Waals surface area contributed by atoms with Crippen LogP contribution >= 0.6 is 11.6 Å². The fourth-order valence-electron chi connectivity index (χ4n) is 3.14. The molecule has 1 atom stereocenters. The maximum atomic E-state index is 12.1. The van der Waals surface area contributed by atoms with E-state index in [2.05, 4.69) is 28.5 Å². The first-order valence-corrected chi connectivity index (χ1v) is 9.11. The van der Waals surface area contributed by atoms with Crippen molar-refractivity contribution in [3.05, 3.63) is 63.9 Å². The van der Waals surface area contributed by atoms with Gasteiger partial charge in [0.2, 0.25) is 0 Å². The molecule has 0 fully saturated rings. The number of carbonyl (C=O) groups is 2. The summed E-state index contributed by atoms with van der Waals surface area (Å²) in [4.78, 5) is 27.9. The Morgan fingerprint density at radius 2 is 2.00 bits per heavy atom. The summed E-state index contributed by atoms with van der Waals surface area (Å²) in [7, 11) is 0. The molecule has 0 aliphatic heterocycles. The fourth-order valence-corrected chi connectivity index (χ4v) is 3.33. The number of nitrogens with zero attached hydrogens (tertiary/aromatic N) is 1.